The molecule has 5 nitrogen and oxygen atoms in total. The summed E-state index contributed by atoms with van der Waals surface area (Å²) in [5.74, 6) is 6.10. The molecule has 0 amide bonds. The van der Waals surface area contributed by atoms with E-state index in [0.29, 0.717) is 22.3 Å². The summed E-state index contributed by atoms with van der Waals surface area (Å²) in [6, 6.07) is 2.93. The van der Waals surface area contributed by atoms with E-state index >= 15 is 0 Å². The first-order chi connectivity index (χ1) is 9.82. The fourth-order valence-corrected chi connectivity index (χ4v) is 2.46. The minimum Gasteiger partial charge on any atom is -0.271 e. The predicted molar refractivity (Wildman–Crippen MR) is 73.9 cm³/mol. The smallest absolute Gasteiger partial charge is 0.271 e. The monoisotopic (exact) mass is 363 g/mol. The van der Waals surface area contributed by atoms with E-state index in [1.165, 1.54) is 12.4 Å². The molecule has 0 saturated carbocycles. The van der Waals surface area contributed by atoms with Crippen molar-refractivity contribution in [3.8, 4) is 0 Å². The third-order valence-electron chi connectivity index (χ3n) is 3.09. The van der Waals surface area contributed by atoms with Crippen molar-refractivity contribution in [2.45, 2.75) is 18.6 Å². The van der Waals surface area contributed by atoms with Gasteiger partial charge in [-0.05, 0) is 23.8 Å². The van der Waals surface area contributed by atoms with Gasteiger partial charge in [0.25, 0.3) is 0 Å². The minimum absolute atomic E-state index is 0.312. The lowest BCUT2D eigenvalue weighted by atomic mass is 10.0. The number of hydrogen-bond donors (Lipinski definition) is 2. The zero-order valence-electron chi connectivity index (χ0n) is 11.0. The van der Waals surface area contributed by atoms with Gasteiger partial charge in [-0.25, -0.2) is 4.98 Å². The lowest BCUT2D eigenvalue weighted by molar-refractivity contribution is -0.137. The van der Waals surface area contributed by atoms with Gasteiger partial charge in [-0.1, -0.05) is 15.9 Å². The van der Waals surface area contributed by atoms with Gasteiger partial charge in [0.15, 0.2) is 0 Å². The number of nitrogens with zero attached hydrogens (tertiary/aromatic N) is 3. The number of hydrogen-bond acceptors (Lipinski definition) is 4. The van der Waals surface area contributed by atoms with Gasteiger partial charge in [0.05, 0.1) is 11.6 Å². The fraction of sp³-hybridized carbons (Fsp3) is 0.333. The zero-order valence-corrected chi connectivity index (χ0v) is 12.6. The van der Waals surface area contributed by atoms with E-state index in [0.717, 1.165) is 12.1 Å². The topological polar surface area (TPSA) is 68.8 Å². The normalized spacial score (nSPS) is 13.4. The van der Waals surface area contributed by atoms with Crippen LogP contribution in [0.4, 0.5) is 13.2 Å². The van der Waals surface area contributed by atoms with Crippen LogP contribution < -0.4 is 11.3 Å². The highest BCUT2D eigenvalue weighted by Gasteiger charge is 2.31. The molecule has 0 aliphatic heterocycles. The molecule has 21 heavy (non-hydrogen) atoms. The first kappa shape index (κ1) is 15.9. The molecular weight excluding hydrogens is 351 g/mol. The largest absolute Gasteiger partial charge is 0.416 e. The molecule has 1 atom stereocenters. The summed E-state index contributed by atoms with van der Waals surface area (Å²) in [4.78, 5) is 4.05. The van der Waals surface area contributed by atoms with Crippen molar-refractivity contribution in [1.82, 2.24) is 20.2 Å². The highest BCUT2D eigenvalue weighted by atomic mass is 79.9. The van der Waals surface area contributed by atoms with Crippen LogP contribution in [-0.4, -0.2) is 14.8 Å². The first-order valence-corrected chi connectivity index (χ1v) is 6.78. The number of nitrogens with two attached hydrogens (primary N) is 1. The Morgan fingerprint density at radius 2 is 2.14 bits per heavy atom. The minimum atomic E-state index is -4.40. The second-order valence-electron chi connectivity index (χ2n) is 4.46. The van der Waals surface area contributed by atoms with Crippen LogP contribution in [0.25, 0.3) is 0 Å². The van der Waals surface area contributed by atoms with Crippen molar-refractivity contribution in [2.75, 3.05) is 0 Å². The van der Waals surface area contributed by atoms with E-state index in [1.807, 2.05) is 0 Å². The van der Waals surface area contributed by atoms with Crippen molar-refractivity contribution in [3.63, 3.8) is 0 Å². The number of alkyl halides is 3. The van der Waals surface area contributed by atoms with Gasteiger partial charge in [-0.15, -0.1) is 0 Å². The molecule has 3 N–H and O–H groups in total. The van der Waals surface area contributed by atoms with Crippen molar-refractivity contribution in [3.05, 3.63) is 46.0 Å². The van der Waals surface area contributed by atoms with Crippen LogP contribution >= 0.6 is 15.9 Å². The zero-order chi connectivity index (χ0) is 15.6. The first-order valence-electron chi connectivity index (χ1n) is 5.98. The number of aromatic nitrogens is 3. The molecule has 1 aromatic heterocycles. The summed E-state index contributed by atoms with van der Waals surface area (Å²) >= 11 is 3.26. The van der Waals surface area contributed by atoms with Gasteiger partial charge in [0.1, 0.15) is 12.2 Å². The van der Waals surface area contributed by atoms with Crippen LogP contribution in [0.15, 0.2) is 29.0 Å². The average molecular weight is 364 g/mol. The molecule has 0 aliphatic carbocycles. The summed E-state index contributed by atoms with van der Waals surface area (Å²) < 4.78 is 40.5. The average Bonchev–Trinajstić information content (AvgIpc) is 2.81. The molecule has 0 bridgehead atoms. The summed E-state index contributed by atoms with van der Waals surface area (Å²) in [5.41, 5.74) is 2.21. The third kappa shape index (κ3) is 3.60. The van der Waals surface area contributed by atoms with Crippen LogP contribution in [0, 0.1) is 0 Å². The number of halogens is 4. The molecule has 9 heteroatoms. The van der Waals surface area contributed by atoms with E-state index in [-0.39, 0.29) is 0 Å². The van der Waals surface area contributed by atoms with Crippen molar-refractivity contribution < 1.29 is 13.2 Å². The van der Waals surface area contributed by atoms with Crippen LogP contribution in [-0.2, 0) is 19.6 Å². The third-order valence-corrected chi connectivity index (χ3v) is 3.81. The maximum Gasteiger partial charge on any atom is 0.416 e. The number of hydrazine groups is 1. The highest BCUT2D eigenvalue weighted by molar-refractivity contribution is 9.10. The van der Waals surface area contributed by atoms with Gasteiger partial charge < -0.3 is 0 Å². The van der Waals surface area contributed by atoms with Gasteiger partial charge in [-0.3, -0.25) is 16.0 Å². The quantitative estimate of drug-likeness (QED) is 0.646. The molecular formula is C12H13BrF3N5. The van der Waals surface area contributed by atoms with Gasteiger partial charge in [0, 0.05) is 17.9 Å². The van der Waals surface area contributed by atoms with E-state index < -0.39 is 17.8 Å². The Balaban J connectivity index is 2.35. The molecule has 1 unspecified atom stereocenters. The summed E-state index contributed by atoms with van der Waals surface area (Å²) in [7, 11) is 1.71. The Morgan fingerprint density at radius 3 is 2.67 bits per heavy atom. The Hall–Kier alpha value is -1.45. The number of aryl methyl sites for hydroxylation is 1. The molecule has 0 aliphatic rings. The second-order valence-corrected chi connectivity index (χ2v) is 5.31. The second kappa shape index (κ2) is 6.12. The van der Waals surface area contributed by atoms with E-state index in [9.17, 15) is 13.2 Å². The van der Waals surface area contributed by atoms with E-state index in [4.69, 9.17) is 5.84 Å². The highest BCUT2D eigenvalue weighted by Crippen LogP contribution is 2.34. The molecule has 2 rings (SSSR count). The standard InChI is InChI=1S/C12H13BrF3N5/c1-21-11(18-6-19-21)5-10(20-17)8-4-7(12(14,15)16)2-3-9(8)13/h2-4,6,10,20H,5,17H2,1H3. The van der Waals surface area contributed by atoms with Gasteiger partial charge in [-0.2, -0.15) is 18.3 Å². The van der Waals surface area contributed by atoms with E-state index in [2.05, 4.69) is 31.4 Å². The van der Waals surface area contributed by atoms with Crippen LogP contribution in [0.3, 0.4) is 0 Å². The Kier molecular flexibility index (Phi) is 4.64. The molecule has 1 heterocycles. The number of nitrogens with one attached hydrogen (secondary N) is 1. The number of benzene rings is 1. The summed E-state index contributed by atoms with van der Waals surface area (Å²) in [6.45, 7) is 0. The molecule has 0 spiro atoms. The molecule has 2 aromatic rings. The molecule has 114 valence electrons. The predicted octanol–water partition coefficient (Wildman–Crippen LogP) is 2.34. The van der Waals surface area contributed by atoms with Crippen molar-refractivity contribution in [1.29, 1.82) is 0 Å². The molecule has 1 aromatic carbocycles. The van der Waals surface area contributed by atoms with E-state index in [1.54, 1.807) is 11.7 Å². The SMILES string of the molecule is Cn1ncnc1CC(NN)c1cc(C(F)(F)F)ccc1Br. The maximum atomic E-state index is 12.8. The van der Waals surface area contributed by atoms with Crippen molar-refractivity contribution >= 4 is 15.9 Å². The molecule has 0 fully saturated rings. The maximum absolute atomic E-state index is 12.8. The Bertz CT molecular complexity index is 626. The van der Waals surface area contributed by atoms with Crippen LogP contribution in [0.5, 0.6) is 0 Å². The lowest BCUT2D eigenvalue weighted by Gasteiger charge is -2.19. The Morgan fingerprint density at radius 1 is 1.43 bits per heavy atom. The Labute approximate surface area is 127 Å². The van der Waals surface area contributed by atoms with Gasteiger partial charge in [0.2, 0.25) is 0 Å². The molecule has 0 radical (unpaired) electrons. The van der Waals surface area contributed by atoms with Crippen LogP contribution in [0.2, 0.25) is 0 Å². The lowest BCUT2D eigenvalue weighted by Crippen LogP contribution is -2.31. The molecule has 0 saturated heterocycles. The number of rotatable bonds is 4. The fourth-order valence-electron chi connectivity index (χ4n) is 1.93. The summed E-state index contributed by atoms with van der Waals surface area (Å²) in [6.07, 6.45) is -2.71. The van der Waals surface area contributed by atoms with Crippen molar-refractivity contribution in [2.24, 2.45) is 12.9 Å². The summed E-state index contributed by atoms with van der Waals surface area (Å²) in [5, 5.41) is 3.92. The van der Waals surface area contributed by atoms with Crippen LogP contribution in [0.1, 0.15) is 23.0 Å². The van der Waals surface area contributed by atoms with Gasteiger partial charge >= 0.3 is 6.18 Å².